The molecule has 0 aliphatic carbocycles. The molecule has 0 saturated heterocycles. The molecule has 2 N–H and O–H groups in total. The molecule has 0 radical (unpaired) electrons. The van der Waals surface area contributed by atoms with Gasteiger partial charge in [-0.3, -0.25) is 0 Å². The zero-order valence-corrected chi connectivity index (χ0v) is 13.1. The van der Waals surface area contributed by atoms with E-state index < -0.39 is 0 Å². The van der Waals surface area contributed by atoms with Crippen LogP contribution in [0.15, 0.2) is 42.5 Å². The van der Waals surface area contributed by atoms with Crippen molar-refractivity contribution in [1.82, 2.24) is 0 Å². The standard InChI is InChI=1S/C17H20ClFN2/c1-3-21(16-7-5-4-6-12(16)2)17(11-20)14-9-8-13(19)10-15(14)18/h4-10,17H,3,11,20H2,1-2H3. The summed E-state index contributed by atoms with van der Waals surface area (Å²) in [5.41, 5.74) is 9.13. The Labute approximate surface area is 130 Å². The molecule has 0 spiro atoms. The van der Waals surface area contributed by atoms with E-state index in [-0.39, 0.29) is 11.9 Å². The lowest BCUT2D eigenvalue weighted by molar-refractivity contribution is 0.617. The molecular formula is C17H20ClFN2. The zero-order valence-electron chi connectivity index (χ0n) is 12.3. The van der Waals surface area contributed by atoms with Crippen molar-refractivity contribution in [3.63, 3.8) is 0 Å². The molecule has 0 heterocycles. The third kappa shape index (κ3) is 3.36. The van der Waals surface area contributed by atoms with Crippen LogP contribution in [0.4, 0.5) is 10.1 Å². The first-order valence-electron chi connectivity index (χ1n) is 7.05. The summed E-state index contributed by atoms with van der Waals surface area (Å²) in [6, 6.07) is 12.6. The lowest BCUT2D eigenvalue weighted by Gasteiger charge is -2.34. The van der Waals surface area contributed by atoms with Crippen molar-refractivity contribution in [2.45, 2.75) is 19.9 Å². The molecule has 2 aromatic rings. The summed E-state index contributed by atoms with van der Waals surface area (Å²) in [4.78, 5) is 2.20. The van der Waals surface area contributed by atoms with Gasteiger partial charge in [-0.1, -0.05) is 35.9 Å². The smallest absolute Gasteiger partial charge is 0.124 e. The van der Waals surface area contributed by atoms with Crippen LogP contribution in [0.5, 0.6) is 0 Å². The lowest BCUT2D eigenvalue weighted by Crippen LogP contribution is -2.34. The predicted octanol–water partition coefficient (Wildman–Crippen LogP) is 4.31. The zero-order chi connectivity index (χ0) is 15.4. The van der Waals surface area contributed by atoms with E-state index in [0.29, 0.717) is 11.6 Å². The van der Waals surface area contributed by atoms with Crippen LogP contribution in [0.2, 0.25) is 5.02 Å². The van der Waals surface area contributed by atoms with E-state index in [0.717, 1.165) is 17.8 Å². The molecule has 2 rings (SSSR count). The molecule has 2 aromatic carbocycles. The summed E-state index contributed by atoms with van der Waals surface area (Å²) in [5, 5.41) is 0.414. The van der Waals surface area contributed by atoms with Crippen molar-refractivity contribution in [1.29, 1.82) is 0 Å². The highest BCUT2D eigenvalue weighted by molar-refractivity contribution is 6.31. The van der Waals surface area contributed by atoms with Gasteiger partial charge in [-0.25, -0.2) is 4.39 Å². The van der Waals surface area contributed by atoms with E-state index in [1.165, 1.54) is 17.7 Å². The minimum Gasteiger partial charge on any atom is -0.363 e. The van der Waals surface area contributed by atoms with Crippen molar-refractivity contribution in [3.8, 4) is 0 Å². The van der Waals surface area contributed by atoms with Crippen molar-refractivity contribution >= 4 is 17.3 Å². The maximum atomic E-state index is 13.3. The Hall–Kier alpha value is -1.58. The van der Waals surface area contributed by atoms with Crippen LogP contribution in [0.25, 0.3) is 0 Å². The van der Waals surface area contributed by atoms with Gasteiger partial charge >= 0.3 is 0 Å². The van der Waals surface area contributed by atoms with Crippen LogP contribution in [-0.4, -0.2) is 13.1 Å². The van der Waals surface area contributed by atoms with Gasteiger partial charge in [0, 0.05) is 23.8 Å². The van der Waals surface area contributed by atoms with E-state index in [4.69, 9.17) is 17.3 Å². The lowest BCUT2D eigenvalue weighted by atomic mass is 10.0. The molecule has 2 nitrogen and oxygen atoms in total. The van der Waals surface area contributed by atoms with Crippen molar-refractivity contribution in [2.24, 2.45) is 5.73 Å². The van der Waals surface area contributed by atoms with Crippen molar-refractivity contribution in [3.05, 3.63) is 64.4 Å². The first-order valence-corrected chi connectivity index (χ1v) is 7.43. The molecule has 0 bridgehead atoms. The van der Waals surface area contributed by atoms with Crippen LogP contribution < -0.4 is 10.6 Å². The van der Waals surface area contributed by atoms with Gasteiger partial charge in [-0.2, -0.15) is 0 Å². The van der Waals surface area contributed by atoms with Gasteiger partial charge in [0.2, 0.25) is 0 Å². The minimum atomic E-state index is -0.335. The second-order valence-corrected chi connectivity index (χ2v) is 5.40. The van der Waals surface area contributed by atoms with Crippen LogP contribution in [0, 0.1) is 12.7 Å². The Morgan fingerprint density at radius 1 is 1.24 bits per heavy atom. The van der Waals surface area contributed by atoms with Crippen LogP contribution in [-0.2, 0) is 0 Å². The maximum absolute atomic E-state index is 13.3. The van der Waals surface area contributed by atoms with Crippen LogP contribution >= 0.6 is 11.6 Å². The topological polar surface area (TPSA) is 29.3 Å². The Kier molecular flexibility index (Phi) is 5.21. The number of nitrogens with zero attached hydrogens (tertiary/aromatic N) is 1. The number of rotatable bonds is 5. The quantitative estimate of drug-likeness (QED) is 0.891. The molecule has 0 aromatic heterocycles. The number of para-hydroxylation sites is 1. The first kappa shape index (κ1) is 15.8. The van der Waals surface area contributed by atoms with E-state index in [9.17, 15) is 4.39 Å². The van der Waals surface area contributed by atoms with E-state index >= 15 is 0 Å². The predicted molar refractivity (Wildman–Crippen MR) is 87.4 cm³/mol. The Bertz CT molecular complexity index is 615. The Balaban J connectivity index is 2.45. The summed E-state index contributed by atoms with van der Waals surface area (Å²) in [6.07, 6.45) is 0. The highest BCUT2D eigenvalue weighted by Crippen LogP contribution is 2.32. The molecule has 0 fully saturated rings. The number of likely N-dealkylation sites (N-methyl/N-ethyl adjacent to an activating group) is 1. The van der Waals surface area contributed by atoms with Gasteiger partial charge in [-0.05, 0) is 43.2 Å². The molecule has 21 heavy (non-hydrogen) atoms. The summed E-state index contributed by atoms with van der Waals surface area (Å²) in [5.74, 6) is -0.335. The molecule has 1 unspecified atom stereocenters. The summed E-state index contributed by atoms with van der Waals surface area (Å²) >= 11 is 6.21. The number of hydrogen-bond donors (Lipinski definition) is 1. The monoisotopic (exact) mass is 306 g/mol. The van der Waals surface area contributed by atoms with Crippen LogP contribution in [0.1, 0.15) is 24.1 Å². The fourth-order valence-electron chi connectivity index (χ4n) is 2.64. The average molecular weight is 307 g/mol. The van der Waals surface area contributed by atoms with Crippen LogP contribution in [0.3, 0.4) is 0 Å². The number of hydrogen-bond acceptors (Lipinski definition) is 2. The molecule has 0 aliphatic rings. The van der Waals surface area contributed by atoms with Gasteiger partial charge in [0.15, 0.2) is 0 Å². The number of aryl methyl sites for hydroxylation is 1. The van der Waals surface area contributed by atoms with Gasteiger partial charge in [-0.15, -0.1) is 0 Å². The molecule has 4 heteroatoms. The number of nitrogens with two attached hydrogens (primary N) is 1. The number of halogens is 2. The van der Waals surface area contributed by atoms with E-state index in [2.05, 4.69) is 30.9 Å². The largest absolute Gasteiger partial charge is 0.363 e. The molecule has 0 saturated carbocycles. The fraction of sp³-hybridized carbons (Fsp3) is 0.294. The van der Waals surface area contributed by atoms with Crippen molar-refractivity contribution in [2.75, 3.05) is 18.0 Å². The number of anilines is 1. The third-order valence-corrected chi connectivity index (χ3v) is 4.01. The van der Waals surface area contributed by atoms with E-state index in [1.807, 2.05) is 12.1 Å². The minimum absolute atomic E-state index is 0.0794. The average Bonchev–Trinajstić information content (AvgIpc) is 2.47. The van der Waals surface area contributed by atoms with Gasteiger partial charge in [0.1, 0.15) is 5.82 Å². The van der Waals surface area contributed by atoms with Gasteiger partial charge in [0.25, 0.3) is 0 Å². The normalized spacial score (nSPS) is 12.2. The maximum Gasteiger partial charge on any atom is 0.124 e. The summed E-state index contributed by atoms with van der Waals surface area (Å²) < 4.78 is 13.3. The SMILES string of the molecule is CCN(c1ccccc1C)C(CN)c1ccc(F)cc1Cl. The van der Waals surface area contributed by atoms with Crippen molar-refractivity contribution < 1.29 is 4.39 Å². The van der Waals surface area contributed by atoms with Gasteiger partial charge in [0.05, 0.1) is 6.04 Å². The first-order chi connectivity index (χ1) is 10.1. The number of benzene rings is 2. The highest BCUT2D eigenvalue weighted by atomic mass is 35.5. The fourth-order valence-corrected chi connectivity index (χ4v) is 2.93. The van der Waals surface area contributed by atoms with E-state index in [1.54, 1.807) is 6.07 Å². The molecule has 112 valence electrons. The second-order valence-electron chi connectivity index (χ2n) is 4.99. The Morgan fingerprint density at radius 2 is 1.95 bits per heavy atom. The molecule has 0 amide bonds. The molecule has 1 atom stereocenters. The third-order valence-electron chi connectivity index (χ3n) is 3.69. The molecular weight excluding hydrogens is 287 g/mol. The summed E-state index contributed by atoms with van der Waals surface area (Å²) in [6.45, 7) is 5.35. The summed E-state index contributed by atoms with van der Waals surface area (Å²) in [7, 11) is 0. The van der Waals surface area contributed by atoms with Gasteiger partial charge < -0.3 is 10.6 Å². The second kappa shape index (κ2) is 6.92. The highest BCUT2D eigenvalue weighted by Gasteiger charge is 2.21. The Morgan fingerprint density at radius 3 is 2.52 bits per heavy atom. The molecule has 0 aliphatic heterocycles.